The van der Waals surface area contributed by atoms with Gasteiger partial charge >= 0.3 is 0 Å². The molecule has 1 aromatic rings. The second kappa shape index (κ2) is 3.22. The third kappa shape index (κ3) is 1.43. The fraction of sp³-hybridized carbons (Fsp3) is 0.462. The Balaban J connectivity index is 2.20. The summed E-state index contributed by atoms with van der Waals surface area (Å²) in [6.45, 7) is 3.61. The third-order valence-corrected chi connectivity index (χ3v) is 3.60. The molecule has 90 valence electrons. The monoisotopic (exact) mass is 234 g/mol. The van der Waals surface area contributed by atoms with Gasteiger partial charge in [0.25, 0.3) is 0 Å². The Labute approximate surface area is 99.4 Å². The number of amides is 1. The molecule has 0 bridgehead atoms. The van der Waals surface area contributed by atoms with Gasteiger partial charge in [-0.15, -0.1) is 0 Å². The molecule has 0 atom stereocenters. The lowest BCUT2D eigenvalue weighted by Gasteiger charge is -2.34. The Morgan fingerprint density at radius 2 is 2.06 bits per heavy atom. The smallest absolute Gasteiger partial charge is 0.249 e. The number of hydrogen-bond donors (Lipinski definition) is 2. The molecular formula is C13H15FN2O. The van der Waals surface area contributed by atoms with E-state index in [9.17, 15) is 9.18 Å². The zero-order valence-corrected chi connectivity index (χ0v) is 9.98. The molecule has 0 spiro atoms. The van der Waals surface area contributed by atoms with Crippen LogP contribution < -0.4 is 10.6 Å². The summed E-state index contributed by atoms with van der Waals surface area (Å²) in [5.41, 5.74) is 2.64. The summed E-state index contributed by atoms with van der Waals surface area (Å²) in [7, 11) is 0. The number of hydrogen-bond acceptors (Lipinski definition) is 2. The molecule has 1 amide bonds. The molecule has 3 nitrogen and oxygen atoms in total. The average molecular weight is 234 g/mol. The first-order chi connectivity index (χ1) is 7.99. The molecule has 4 heteroatoms. The SMILES string of the molecule is CC1(C)Nc2c3c(cc(F)c2NC1=O)CCC3. The molecule has 1 aliphatic carbocycles. The molecule has 2 aliphatic rings. The van der Waals surface area contributed by atoms with Gasteiger partial charge in [0, 0.05) is 0 Å². The van der Waals surface area contributed by atoms with Crippen LogP contribution in [0.4, 0.5) is 15.8 Å². The van der Waals surface area contributed by atoms with E-state index in [1.807, 2.05) is 0 Å². The highest BCUT2D eigenvalue weighted by Crippen LogP contribution is 2.41. The summed E-state index contributed by atoms with van der Waals surface area (Å²) in [5.74, 6) is -0.529. The van der Waals surface area contributed by atoms with Crippen LogP contribution in [0.3, 0.4) is 0 Å². The minimum atomic E-state index is -0.683. The Kier molecular flexibility index (Phi) is 2.00. The predicted molar refractivity (Wildman–Crippen MR) is 64.8 cm³/mol. The largest absolute Gasteiger partial charge is 0.370 e. The van der Waals surface area contributed by atoms with Gasteiger partial charge in [0.05, 0.1) is 5.69 Å². The number of anilines is 2. The third-order valence-electron chi connectivity index (χ3n) is 3.60. The summed E-state index contributed by atoms with van der Waals surface area (Å²) in [6.07, 6.45) is 2.94. The maximum atomic E-state index is 13.9. The van der Waals surface area contributed by atoms with Crippen molar-refractivity contribution >= 4 is 17.3 Å². The molecule has 1 heterocycles. The molecule has 0 aromatic heterocycles. The highest BCUT2D eigenvalue weighted by molar-refractivity contribution is 6.06. The van der Waals surface area contributed by atoms with E-state index in [0.717, 1.165) is 36.1 Å². The van der Waals surface area contributed by atoms with Gasteiger partial charge in [-0.1, -0.05) is 0 Å². The first-order valence-electron chi connectivity index (χ1n) is 5.93. The number of nitrogens with one attached hydrogen (secondary N) is 2. The second-order valence-electron chi connectivity index (χ2n) is 5.30. The van der Waals surface area contributed by atoms with E-state index >= 15 is 0 Å². The first kappa shape index (κ1) is 10.6. The van der Waals surface area contributed by atoms with Crippen LogP contribution in [0.25, 0.3) is 0 Å². The molecule has 2 N–H and O–H groups in total. The minimum Gasteiger partial charge on any atom is -0.370 e. The van der Waals surface area contributed by atoms with Crippen LogP contribution in [0.5, 0.6) is 0 Å². The molecule has 1 aromatic carbocycles. The Bertz CT molecular complexity index is 523. The van der Waals surface area contributed by atoms with Gasteiger partial charge in [0.1, 0.15) is 17.0 Å². The molecular weight excluding hydrogens is 219 g/mol. The molecule has 0 unspecified atom stereocenters. The Morgan fingerprint density at radius 1 is 1.29 bits per heavy atom. The van der Waals surface area contributed by atoms with Gasteiger partial charge in [-0.05, 0) is 50.3 Å². The number of carbonyl (C=O) groups excluding carboxylic acids is 1. The van der Waals surface area contributed by atoms with Gasteiger partial charge in [-0.2, -0.15) is 0 Å². The number of rotatable bonds is 0. The minimum absolute atomic E-state index is 0.193. The van der Waals surface area contributed by atoms with E-state index in [-0.39, 0.29) is 11.7 Å². The standard InChI is InChI=1S/C13H15FN2O/c1-13(2)12(17)15-11-9(14)6-7-4-3-5-8(7)10(11)16-13/h6,16H,3-5H2,1-2H3,(H,15,17). The highest BCUT2D eigenvalue weighted by Gasteiger charge is 2.36. The van der Waals surface area contributed by atoms with Crippen LogP contribution in [-0.2, 0) is 17.6 Å². The van der Waals surface area contributed by atoms with Crippen molar-refractivity contribution in [2.24, 2.45) is 0 Å². The van der Waals surface area contributed by atoms with Crippen molar-refractivity contribution in [1.82, 2.24) is 0 Å². The molecule has 0 saturated carbocycles. The number of fused-ring (bicyclic) bond motifs is 3. The van der Waals surface area contributed by atoms with E-state index in [4.69, 9.17) is 0 Å². The van der Waals surface area contributed by atoms with Gasteiger partial charge in [-0.3, -0.25) is 4.79 Å². The van der Waals surface area contributed by atoms with Gasteiger partial charge in [0.15, 0.2) is 0 Å². The van der Waals surface area contributed by atoms with Crippen LogP contribution in [0.2, 0.25) is 0 Å². The maximum absolute atomic E-state index is 13.9. The topological polar surface area (TPSA) is 41.1 Å². The van der Waals surface area contributed by atoms with Crippen LogP contribution in [0, 0.1) is 5.82 Å². The van der Waals surface area contributed by atoms with Crippen LogP contribution in [-0.4, -0.2) is 11.4 Å². The number of aryl methyl sites for hydroxylation is 1. The van der Waals surface area contributed by atoms with E-state index < -0.39 is 5.54 Å². The van der Waals surface area contributed by atoms with Crippen molar-refractivity contribution in [3.8, 4) is 0 Å². The van der Waals surface area contributed by atoms with Crippen molar-refractivity contribution in [3.63, 3.8) is 0 Å². The predicted octanol–water partition coefficient (Wildman–Crippen LogP) is 2.46. The van der Waals surface area contributed by atoms with E-state index in [1.165, 1.54) is 0 Å². The molecule has 0 radical (unpaired) electrons. The van der Waals surface area contributed by atoms with Gasteiger partial charge < -0.3 is 10.6 Å². The van der Waals surface area contributed by atoms with Crippen molar-refractivity contribution in [2.75, 3.05) is 10.6 Å². The van der Waals surface area contributed by atoms with E-state index in [0.29, 0.717) is 5.69 Å². The average Bonchev–Trinajstić information content (AvgIpc) is 2.69. The van der Waals surface area contributed by atoms with Crippen LogP contribution >= 0.6 is 0 Å². The summed E-state index contributed by atoms with van der Waals surface area (Å²) < 4.78 is 13.9. The van der Waals surface area contributed by atoms with Crippen molar-refractivity contribution in [2.45, 2.75) is 38.6 Å². The second-order valence-corrected chi connectivity index (χ2v) is 5.30. The van der Waals surface area contributed by atoms with E-state index in [2.05, 4.69) is 10.6 Å². The summed E-state index contributed by atoms with van der Waals surface area (Å²) in [6, 6.07) is 1.56. The highest BCUT2D eigenvalue weighted by atomic mass is 19.1. The van der Waals surface area contributed by atoms with Crippen LogP contribution in [0.1, 0.15) is 31.4 Å². The summed E-state index contributed by atoms with van der Waals surface area (Å²) >= 11 is 0. The van der Waals surface area contributed by atoms with Gasteiger partial charge in [0.2, 0.25) is 5.91 Å². The lowest BCUT2D eigenvalue weighted by Crippen LogP contribution is -2.48. The quantitative estimate of drug-likeness (QED) is 0.724. The van der Waals surface area contributed by atoms with Crippen molar-refractivity contribution in [1.29, 1.82) is 0 Å². The first-order valence-corrected chi connectivity index (χ1v) is 5.93. The van der Waals surface area contributed by atoms with E-state index in [1.54, 1.807) is 19.9 Å². The zero-order chi connectivity index (χ0) is 12.2. The normalized spacial score (nSPS) is 20.3. The van der Waals surface area contributed by atoms with Crippen molar-refractivity contribution < 1.29 is 9.18 Å². The molecule has 17 heavy (non-hydrogen) atoms. The lowest BCUT2D eigenvalue weighted by molar-refractivity contribution is -0.119. The summed E-state index contributed by atoms with van der Waals surface area (Å²) in [5, 5.41) is 5.85. The number of halogens is 1. The fourth-order valence-electron chi connectivity index (χ4n) is 2.61. The summed E-state index contributed by atoms with van der Waals surface area (Å²) in [4.78, 5) is 11.8. The number of carbonyl (C=O) groups is 1. The maximum Gasteiger partial charge on any atom is 0.249 e. The Morgan fingerprint density at radius 3 is 2.82 bits per heavy atom. The van der Waals surface area contributed by atoms with Crippen LogP contribution in [0.15, 0.2) is 6.07 Å². The fourth-order valence-corrected chi connectivity index (χ4v) is 2.61. The Hall–Kier alpha value is -1.58. The molecule has 0 fully saturated rings. The number of benzene rings is 1. The molecule has 1 aliphatic heterocycles. The zero-order valence-electron chi connectivity index (χ0n) is 9.98. The molecule has 0 saturated heterocycles. The molecule has 3 rings (SSSR count). The lowest BCUT2D eigenvalue weighted by atomic mass is 9.96. The van der Waals surface area contributed by atoms with Crippen molar-refractivity contribution in [3.05, 3.63) is 23.0 Å². The van der Waals surface area contributed by atoms with Gasteiger partial charge in [-0.25, -0.2) is 4.39 Å².